The molecule has 1 fully saturated rings. The van der Waals surface area contributed by atoms with Gasteiger partial charge in [0.2, 0.25) is 5.91 Å². The molecule has 8 nitrogen and oxygen atoms in total. The van der Waals surface area contributed by atoms with E-state index >= 15 is 0 Å². The maximum Gasteiger partial charge on any atom is 0.246 e. The van der Waals surface area contributed by atoms with E-state index in [2.05, 4.69) is 27.2 Å². The number of hydrogen-bond acceptors (Lipinski definition) is 7. The molecule has 0 bridgehead atoms. The lowest BCUT2D eigenvalue weighted by Crippen LogP contribution is -2.30. The van der Waals surface area contributed by atoms with Gasteiger partial charge in [-0.1, -0.05) is 30.3 Å². The minimum absolute atomic E-state index is 0.0697. The lowest BCUT2D eigenvalue weighted by Gasteiger charge is -2.16. The van der Waals surface area contributed by atoms with Crippen molar-refractivity contribution in [1.82, 2.24) is 19.9 Å². The number of pyridine rings is 1. The zero-order valence-corrected chi connectivity index (χ0v) is 20.6. The first-order valence-corrected chi connectivity index (χ1v) is 12.1. The second-order valence-electron chi connectivity index (χ2n) is 8.59. The molecule has 0 saturated carbocycles. The van der Waals surface area contributed by atoms with Crippen LogP contribution < -0.4 is 15.4 Å². The van der Waals surface area contributed by atoms with E-state index < -0.39 is 0 Å². The van der Waals surface area contributed by atoms with Crippen molar-refractivity contribution < 1.29 is 13.9 Å². The van der Waals surface area contributed by atoms with Gasteiger partial charge in [0, 0.05) is 24.8 Å². The molecule has 1 saturated heterocycles. The number of carbonyl (C=O) groups is 1. The third kappa shape index (κ3) is 5.78. The second-order valence-corrected chi connectivity index (χ2v) is 9.00. The molecule has 4 aromatic rings. The van der Waals surface area contributed by atoms with Crippen molar-refractivity contribution in [3.8, 4) is 5.75 Å². The number of likely N-dealkylation sites (tertiary alicyclic amines) is 1. The van der Waals surface area contributed by atoms with E-state index in [0.717, 1.165) is 6.42 Å². The Morgan fingerprint density at radius 3 is 2.92 bits per heavy atom. The van der Waals surface area contributed by atoms with E-state index in [1.807, 2.05) is 18.2 Å². The molecule has 0 unspecified atom stereocenters. The van der Waals surface area contributed by atoms with Crippen molar-refractivity contribution >= 4 is 45.9 Å². The first kappa shape index (κ1) is 24.5. The summed E-state index contributed by atoms with van der Waals surface area (Å²) in [5.74, 6) is 1.29. The van der Waals surface area contributed by atoms with Crippen LogP contribution in [0.4, 0.5) is 21.7 Å². The van der Waals surface area contributed by atoms with Crippen LogP contribution in [0.5, 0.6) is 5.75 Å². The summed E-state index contributed by atoms with van der Waals surface area (Å²) in [6.07, 6.45) is 3.62. The molecular weight excluding hydrogens is 495 g/mol. The van der Waals surface area contributed by atoms with Crippen molar-refractivity contribution in [2.75, 3.05) is 23.7 Å². The van der Waals surface area contributed by atoms with Gasteiger partial charge < -0.3 is 20.3 Å². The first-order chi connectivity index (χ1) is 18.0. The molecule has 1 aliphatic heterocycles. The van der Waals surface area contributed by atoms with Crippen molar-refractivity contribution in [3.05, 3.63) is 90.0 Å². The number of rotatable bonds is 8. The van der Waals surface area contributed by atoms with E-state index in [0.29, 0.717) is 57.8 Å². The highest BCUT2D eigenvalue weighted by molar-refractivity contribution is 6.32. The molecule has 3 heterocycles. The van der Waals surface area contributed by atoms with Crippen LogP contribution >= 0.6 is 11.6 Å². The molecule has 0 spiro atoms. The highest BCUT2D eigenvalue weighted by Gasteiger charge is 2.25. The number of fused-ring (bicyclic) bond motifs is 1. The SMILES string of the molecule is C=CC(=O)N1CC[C@H](Nc2ccc3ncnc(Nc4ccc(OCc5cccc(F)c5)c(Cl)c4)c3n2)C1. The number of nitrogens with zero attached hydrogens (tertiary/aromatic N) is 4. The van der Waals surface area contributed by atoms with E-state index in [1.54, 1.807) is 29.2 Å². The van der Waals surface area contributed by atoms with Gasteiger partial charge in [0.05, 0.1) is 10.5 Å². The third-order valence-electron chi connectivity index (χ3n) is 5.99. The normalized spacial score (nSPS) is 15.0. The molecule has 2 aromatic carbocycles. The van der Waals surface area contributed by atoms with Crippen LogP contribution in [0, 0.1) is 5.82 Å². The number of hydrogen-bond donors (Lipinski definition) is 2. The van der Waals surface area contributed by atoms with Gasteiger partial charge in [0.25, 0.3) is 0 Å². The molecule has 5 rings (SSSR count). The van der Waals surface area contributed by atoms with E-state index in [1.165, 1.54) is 24.5 Å². The van der Waals surface area contributed by atoms with E-state index in [4.69, 9.17) is 21.3 Å². The molecule has 2 N–H and O–H groups in total. The monoisotopic (exact) mass is 518 g/mol. The smallest absolute Gasteiger partial charge is 0.246 e. The minimum atomic E-state index is -0.316. The Morgan fingerprint density at radius 1 is 1.22 bits per heavy atom. The van der Waals surface area contributed by atoms with Crippen LogP contribution in [0.25, 0.3) is 11.0 Å². The lowest BCUT2D eigenvalue weighted by atomic mass is 10.2. The van der Waals surface area contributed by atoms with Crippen molar-refractivity contribution in [1.29, 1.82) is 0 Å². The van der Waals surface area contributed by atoms with Gasteiger partial charge in [-0.3, -0.25) is 4.79 Å². The zero-order valence-electron chi connectivity index (χ0n) is 19.8. The van der Waals surface area contributed by atoms with Gasteiger partial charge in [-0.15, -0.1) is 0 Å². The zero-order chi connectivity index (χ0) is 25.8. The Labute approximate surface area is 218 Å². The average Bonchev–Trinajstić information content (AvgIpc) is 3.36. The summed E-state index contributed by atoms with van der Waals surface area (Å²) in [7, 11) is 0. The summed E-state index contributed by atoms with van der Waals surface area (Å²) >= 11 is 6.44. The summed E-state index contributed by atoms with van der Waals surface area (Å²) in [6.45, 7) is 5.02. The van der Waals surface area contributed by atoms with Crippen LogP contribution in [-0.4, -0.2) is 44.9 Å². The standard InChI is InChI=1S/C27H24ClFN6O2/c1-2-25(36)35-11-10-20(14-35)32-24-9-7-22-26(34-24)27(31-16-30-22)33-19-6-8-23(21(28)13-19)37-15-17-4-3-5-18(29)12-17/h2-9,12-13,16,20H,1,10-11,14-15H2,(H,32,34)(H,30,31,33)/t20-/m0/s1. The number of anilines is 3. The molecular formula is C27H24ClFN6O2. The number of ether oxygens (including phenoxy) is 1. The van der Waals surface area contributed by atoms with Crippen LogP contribution in [0.2, 0.25) is 5.02 Å². The Kier molecular flexibility index (Phi) is 7.14. The fraction of sp³-hybridized carbons (Fsp3) is 0.185. The number of benzene rings is 2. The number of nitrogens with one attached hydrogen (secondary N) is 2. The predicted octanol–water partition coefficient (Wildman–Crippen LogP) is 5.34. The summed E-state index contributed by atoms with van der Waals surface area (Å²) < 4.78 is 19.2. The van der Waals surface area contributed by atoms with Gasteiger partial charge in [0.15, 0.2) is 5.82 Å². The number of amides is 1. The lowest BCUT2D eigenvalue weighted by molar-refractivity contribution is -0.125. The molecule has 37 heavy (non-hydrogen) atoms. The van der Waals surface area contributed by atoms with Crippen LogP contribution in [0.1, 0.15) is 12.0 Å². The van der Waals surface area contributed by atoms with Gasteiger partial charge in [-0.05, 0) is 60.5 Å². The summed E-state index contributed by atoms with van der Waals surface area (Å²) in [6, 6.07) is 15.3. The van der Waals surface area contributed by atoms with Gasteiger partial charge in [-0.25, -0.2) is 19.3 Å². The van der Waals surface area contributed by atoms with Gasteiger partial charge in [-0.2, -0.15) is 0 Å². The maximum atomic E-state index is 13.4. The van der Waals surface area contributed by atoms with E-state index in [9.17, 15) is 9.18 Å². The Balaban J connectivity index is 1.29. The quantitative estimate of drug-likeness (QED) is 0.304. The number of carbonyl (C=O) groups excluding carboxylic acids is 1. The highest BCUT2D eigenvalue weighted by atomic mass is 35.5. The third-order valence-corrected chi connectivity index (χ3v) is 6.28. The largest absolute Gasteiger partial charge is 0.487 e. The molecule has 188 valence electrons. The topological polar surface area (TPSA) is 92.3 Å². The molecule has 0 radical (unpaired) electrons. The molecule has 1 amide bonds. The second kappa shape index (κ2) is 10.8. The number of aromatic nitrogens is 3. The maximum absolute atomic E-state index is 13.4. The molecule has 1 aliphatic rings. The minimum Gasteiger partial charge on any atom is -0.487 e. The van der Waals surface area contributed by atoms with Crippen LogP contribution in [-0.2, 0) is 11.4 Å². The predicted molar refractivity (Wildman–Crippen MR) is 142 cm³/mol. The van der Waals surface area contributed by atoms with Crippen molar-refractivity contribution in [2.24, 2.45) is 0 Å². The fourth-order valence-electron chi connectivity index (χ4n) is 4.15. The number of halogens is 2. The van der Waals surface area contributed by atoms with E-state index in [-0.39, 0.29) is 24.4 Å². The highest BCUT2D eigenvalue weighted by Crippen LogP contribution is 2.31. The summed E-state index contributed by atoms with van der Waals surface area (Å²) in [5.41, 5.74) is 2.67. The van der Waals surface area contributed by atoms with Crippen LogP contribution in [0.3, 0.4) is 0 Å². The average molecular weight is 519 g/mol. The van der Waals surface area contributed by atoms with Crippen molar-refractivity contribution in [3.63, 3.8) is 0 Å². The summed E-state index contributed by atoms with van der Waals surface area (Å²) in [4.78, 5) is 27.0. The van der Waals surface area contributed by atoms with Gasteiger partial charge >= 0.3 is 0 Å². The Morgan fingerprint density at radius 2 is 2.11 bits per heavy atom. The molecule has 1 atom stereocenters. The Hall–Kier alpha value is -4.24. The molecule has 2 aromatic heterocycles. The molecule has 10 heteroatoms. The van der Waals surface area contributed by atoms with Crippen LogP contribution in [0.15, 0.2) is 73.6 Å². The summed E-state index contributed by atoms with van der Waals surface area (Å²) in [5, 5.41) is 7.05. The fourth-order valence-corrected chi connectivity index (χ4v) is 4.38. The molecule has 0 aliphatic carbocycles. The van der Waals surface area contributed by atoms with Crippen molar-refractivity contribution in [2.45, 2.75) is 19.1 Å². The Bertz CT molecular complexity index is 1470. The first-order valence-electron chi connectivity index (χ1n) is 11.7. The van der Waals surface area contributed by atoms with Gasteiger partial charge in [0.1, 0.15) is 35.8 Å².